The first-order valence-corrected chi connectivity index (χ1v) is 7.99. The Balaban J connectivity index is 1.78. The number of hydrogen-bond donors (Lipinski definition) is 2. The summed E-state index contributed by atoms with van der Waals surface area (Å²) in [5.74, 6) is 0.370. The minimum absolute atomic E-state index is 0.369. The largest absolute Gasteiger partial charge is 0.508 e. The zero-order chi connectivity index (χ0) is 14.4. The highest BCUT2D eigenvalue weighted by atomic mass is 79.9. The average molecular weight is 343 g/mol. The van der Waals surface area contributed by atoms with E-state index in [9.17, 15) is 5.11 Å². The molecule has 2 rings (SSSR count). The van der Waals surface area contributed by atoms with Crippen molar-refractivity contribution in [1.82, 2.24) is 4.90 Å². The fraction of sp³-hybridized carbons (Fsp3) is 0.600. The maximum Gasteiger partial charge on any atom is 0.120 e. The predicted octanol–water partition coefficient (Wildman–Crippen LogP) is 2.48. The molecule has 0 unspecified atom stereocenters. The predicted molar refractivity (Wildman–Crippen MR) is 83.7 cm³/mol. The average Bonchev–Trinajstić information content (AvgIpc) is 2.45. The quantitative estimate of drug-likeness (QED) is 0.779. The van der Waals surface area contributed by atoms with E-state index in [-0.39, 0.29) is 0 Å². The zero-order valence-electron chi connectivity index (χ0n) is 11.7. The van der Waals surface area contributed by atoms with Crippen LogP contribution < -0.4 is 5.73 Å². The highest BCUT2D eigenvalue weighted by Gasteiger charge is 2.20. The molecule has 1 fully saturated rings. The van der Waals surface area contributed by atoms with Crippen LogP contribution in [0, 0.1) is 0 Å². The van der Waals surface area contributed by atoms with Crippen molar-refractivity contribution in [1.29, 1.82) is 0 Å². The molecule has 0 spiro atoms. The summed E-state index contributed by atoms with van der Waals surface area (Å²) in [5.41, 5.74) is 6.44. The first-order chi connectivity index (χ1) is 9.69. The molecule has 1 heterocycles. The molecule has 1 aliphatic rings. The maximum absolute atomic E-state index is 9.88. The Kier molecular flexibility index (Phi) is 6.29. The van der Waals surface area contributed by atoms with Gasteiger partial charge in [0.2, 0.25) is 0 Å². The lowest BCUT2D eigenvalue weighted by molar-refractivity contribution is 0.00553. The van der Waals surface area contributed by atoms with Crippen LogP contribution in [0.1, 0.15) is 24.8 Å². The van der Waals surface area contributed by atoms with Gasteiger partial charge in [0.05, 0.1) is 6.10 Å². The topological polar surface area (TPSA) is 58.7 Å². The van der Waals surface area contributed by atoms with Gasteiger partial charge in [-0.25, -0.2) is 0 Å². The first-order valence-electron chi connectivity index (χ1n) is 7.20. The monoisotopic (exact) mass is 342 g/mol. The van der Waals surface area contributed by atoms with Gasteiger partial charge in [-0.2, -0.15) is 0 Å². The van der Waals surface area contributed by atoms with Crippen LogP contribution in [-0.2, 0) is 11.3 Å². The molecule has 20 heavy (non-hydrogen) atoms. The molecule has 0 aliphatic carbocycles. The molecule has 1 aromatic carbocycles. The number of benzene rings is 1. The van der Waals surface area contributed by atoms with Crippen molar-refractivity contribution in [3.63, 3.8) is 0 Å². The molecule has 0 saturated carbocycles. The van der Waals surface area contributed by atoms with Crippen LogP contribution in [0.3, 0.4) is 0 Å². The second kappa shape index (κ2) is 7.98. The molecule has 0 aromatic heterocycles. The van der Waals surface area contributed by atoms with Crippen molar-refractivity contribution < 1.29 is 9.84 Å². The number of ether oxygens (including phenoxy) is 1. The van der Waals surface area contributed by atoms with E-state index in [0.29, 0.717) is 18.4 Å². The molecule has 1 aliphatic heterocycles. The van der Waals surface area contributed by atoms with E-state index in [1.807, 2.05) is 12.1 Å². The van der Waals surface area contributed by atoms with Gasteiger partial charge in [-0.15, -0.1) is 0 Å². The van der Waals surface area contributed by atoms with Crippen LogP contribution in [0.5, 0.6) is 5.75 Å². The third-order valence-corrected chi connectivity index (χ3v) is 4.17. The molecule has 0 amide bonds. The van der Waals surface area contributed by atoms with Crippen molar-refractivity contribution in [2.75, 3.05) is 26.2 Å². The molecule has 0 atom stereocenters. The van der Waals surface area contributed by atoms with Gasteiger partial charge in [0.25, 0.3) is 0 Å². The molecular formula is C15H23BrN2O2. The molecule has 0 radical (unpaired) electrons. The summed E-state index contributed by atoms with van der Waals surface area (Å²) in [7, 11) is 0. The molecule has 1 aromatic rings. The lowest BCUT2D eigenvalue weighted by Gasteiger charge is -2.32. The summed E-state index contributed by atoms with van der Waals surface area (Å²) in [5, 5.41) is 9.88. The Morgan fingerprint density at radius 1 is 1.35 bits per heavy atom. The highest BCUT2D eigenvalue weighted by Crippen LogP contribution is 2.25. The van der Waals surface area contributed by atoms with E-state index in [1.165, 1.54) is 0 Å². The van der Waals surface area contributed by atoms with E-state index in [0.717, 1.165) is 55.5 Å². The SMILES string of the molecule is NCCCOC1CCN(Cc2cc(Br)ccc2O)CC1. The van der Waals surface area contributed by atoms with Gasteiger partial charge in [-0.05, 0) is 44.0 Å². The van der Waals surface area contributed by atoms with Crippen molar-refractivity contribution in [2.45, 2.75) is 31.9 Å². The van der Waals surface area contributed by atoms with Crippen LogP contribution in [-0.4, -0.2) is 42.4 Å². The highest BCUT2D eigenvalue weighted by molar-refractivity contribution is 9.10. The van der Waals surface area contributed by atoms with E-state index in [1.54, 1.807) is 6.07 Å². The molecule has 0 bridgehead atoms. The number of halogens is 1. The summed E-state index contributed by atoms with van der Waals surface area (Å²) in [6, 6.07) is 5.58. The van der Waals surface area contributed by atoms with Gasteiger partial charge in [0.1, 0.15) is 5.75 Å². The number of phenols is 1. The van der Waals surface area contributed by atoms with Crippen molar-refractivity contribution in [2.24, 2.45) is 5.73 Å². The van der Waals surface area contributed by atoms with Gasteiger partial charge >= 0.3 is 0 Å². The number of hydrogen-bond acceptors (Lipinski definition) is 4. The summed E-state index contributed by atoms with van der Waals surface area (Å²) in [6.07, 6.45) is 3.42. The fourth-order valence-electron chi connectivity index (χ4n) is 2.49. The second-order valence-electron chi connectivity index (χ2n) is 5.26. The molecule has 112 valence electrons. The minimum atomic E-state index is 0.369. The van der Waals surface area contributed by atoms with Gasteiger partial charge in [-0.3, -0.25) is 4.90 Å². The summed E-state index contributed by atoms with van der Waals surface area (Å²) >= 11 is 3.45. The fourth-order valence-corrected chi connectivity index (χ4v) is 2.90. The number of piperidine rings is 1. The van der Waals surface area contributed by atoms with Crippen LogP contribution in [0.4, 0.5) is 0 Å². The lowest BCUT2D eigenvalue weighted by Crippen LogP contribution is -2.36. The van der Waals surface area contributed by atoms with Crippen molar-refractivity contribution in [3.05, 3.63) is 28.2 Å². The Morgan fingerprint density at radius 2 is 2.10 bits per heavy atom. The van der Waals surface area contributed by atoms with Gasteiger partial charge in [0.15, 0.2) is 0 Å². The van der Waals surface area contributed by atoms with Crippen molar-refractivity contribution >= 4 is 15.9 Å². The molecule has 5 heteroatoms. The van der Waals surface area contributed by atoms with E-state index >= 15 is 0 Å². The molecular weight excluding hydrogens is 320 g/mol. The van der Waals surface area contributed by atoms with Gasteiger partial charge in [-0.1, -0.05) is 15.9 Å². The van der Waals surface area contributed by atoms with Gasteiger partial charge < -0.3 is 15.6 Å². The van der Waals surface area contributed by atoms with Crippen LogP contribution in [0.2, 0.25) is 0 Å². The molecule has 3 N–H and O–H groups in total. The number of nitrogens with two attached hydrogens (primary N) is 1. The Hall–Kier alpha value is -0.620. The van der Waals surface area contributed by atoms with E-state index in [2.05, 4.69) is 20.8 Å². The van der Waals surface area contributed by atoms with Crippen LogP contribution >= 0.6 is 15.9 Å². The smallest absolute Gasteiger partial charge is 0.120 e. The summed E-state index contributed by atoms with van der Waals surface area (Å²) in [6.45, 7) is 4.29. The number of likely N-dealkylation sites (tertiary alicyclic amines) is 1. The number of nitrogens with zero attached hydrogens (tertiary/aromatic N) is 1. The second-order valence-corrected chi connectivity index (χ2v) is 6.18. The summed E-state index contributed by atoms with van der Waals surface area (Å²) in [4.78, 5) is 2.37. The van der Waals surface area contributed by atoms with Gasteiger partial charge in [0, 0.05) is 36.3 Å². The standard InChI is InChI=1S/C15H23BrN2O2/c16-13-2-3-15(19)12(10-13)11-18-7-4-14(5-8-18)20-9-1-6-17/h2-3,10,14,19H,1,4-9,11,17H2. The van der Waals surface area contributed by atoms with E-state index in [4.69, 9.17) is 10.5 Å². The molecule has 4 nitrogen and oxygen atoms in total. The van der Waals surface area contributed by atoms with Crippen LogP contribution in [0.15, 0.2) is 22.7 Å². The normalized spacial score (nSPS) is 17.5. The van der Waals surface area contributed by atoms with E-state index < -0.39 is 0 Å². The number of rotatable bonds is 6. The third-order valence-electron chi connectivity index (χ3n) is 3.67. The Labute approximate surface area is 129 Å². The summed E-state index contributed by atoms with van der Waals surface area (Å²) < 4.78 is 6.81. The number of phenolic OH excluding ortho intramolecular Hbond substituents is 1. The maximum atomic E-state index is 9.88. The first kappa shape index (κ1) is 15.8. The van der Waals surface area contributed by atoms with Crippen LogP contribution in [0.25, 0.3) is 0 Å². The Morgan fingerprint density at radius 3 is 2.80 bits per heavy atom. The lowest BCUT2D eigenvalue weighted by atomic mass is 10.1. The van der Waals surface area contributed by atoms with Crippen molar-refractivity contribution in [3.8, 4) is 5.75 Å². The zero-order valence-corrected chi connectivity index (χ0v) is 13.3. The third kappa shape index (κ3) is 4.74. The Bertz CT molecular complexity index is 420. The number of aromatic hydroxyl groups is 1. The molecule has 1 saturated heterocycles. The minimum Gasteiger partial charge on any atom is -0.508 e.